The van der Waals surface area contributed by atoms with E-state index >= 15 is 0 Å². The SMILES string of the molecule is N#Cc1ccc(NC(=O)c2cnc(Cl)cc2N[C@H]2CCC[C@@H](O)C2)nc1. The summed E-state index contributed by atoms with van der Waals surface area (Å²) in [6.07, 6.45) is 5.72. The lowest BCUT2D eigenvalue weighted by molar-refractivity contribution is 0.102. The number of anilines is 2. The first-order valence-electron chi connectivity index (χ1n) is 8.33. The van der Waals surface area contributed by atoms with Crippen LogP contribution in [-0.4, -0.2) is 33.1 Å². The first kappa shape index (κ1) is 18.1. The van der Waals surface area contributed by atoms with Crippen LogP contribution >= 0.6 is 11.6 Å². The van der Waals surface area contributed by atoms with Gasteiger partial charge in [0.2, 0.25) is 0 Å². The monoisotopic (exact) mass is 371 g/mol. The van der Waals surface area contributed by atoms with Crippen molar-refractivity contribution in [2.45, 2.75) is 37.8 Å². The van der Waals surface area contributed by atoms with Crippen LogP contribution in [0.2, 0.25) is 5.15 Å². The molecule has 1 aliphatic rings. The van der Waals surface area contributed by atoms with Crippen molar-refractivity contribution in [2.24, 2.45) is 0 Å². The highest BCUT2D eigenvalue weighted by atomic mass is 35.5. The van der Waals surface area contributed by atoms with Gasteiger partial charge in [-0.05, 0) is 43.9 Å². The molecule has 2 atom stereocenters. The molecule has 0 aliphatic heterocycles. The zero-order valence-electron chi connectivity index (χ0n) is 13.9. The van der Waals surface area contributed by atoms with Crippen LogP contribution in [0.5, 0.6) is 0 Å². The van der Waals surface area contributed by atoms with Gasteiger partial charge in [-0.2, -0.15) is 5.26 Å². The Balaban J connectivity index is 1.77. The van der Waals surface area contributed by atoms with Crippen LogP contribution in [0.4, 0.5) is 11.5 Å². The van der Waals surface area contributed by atoms with Gasteiger partial charge in [-0.3, -0.25) is 4.79 Å². The molecule has 134 valence electrons. The van der Waals surface area contributed by atoms with E-state index in [1.165, 1.54) is 12.4 Å². The third-order valence-corrected chi connectivity index (χ3v) is 4.46. The maximum atomic E-state index is 12.6. The van der Waals surface area contributed by atoms with Crippen molar-refractivity contribution < 1.29 is 9.90 Å². The van der Waals surface area contributed by atoms with Crippen molar-refractivity contribution in [1.82, 2.24) is 9.97 Å². The number of carbonyl (C=O) groups excluding carboxylic acids is 1. The number of nitrogens with one attached hydrogen (secondary N) is 2. The van der Waals surface area contributed by atoms with Crippen LogP contribution in [0, 0.1) is 11.3 Å². The Hall–Kier alpha value is -2.69. The smallest absolute Gasteiger partial charge is 0.260 e. The molecular formula is C18H18ClN5O2. The fourth-order valence-corrected chi connectivity index (χ4v) is 3.12. The van der Waals surface area contributed by atoms with E-state index in [-0.39, 0.29) is 23.2 Å². The number of halogens is 1. The predicted molar refractivity (Wildman–Crippen MR) is 98.0 cm³/mol. The van der Waals surface area contributed by atoms with Crippen molar-refractivity contribution in [1.29, 1.82) is 5.26 Å². The van der Waals surface area contributed by atoms with E-state index < -0.39 is 0 Å². The number of aromatic nitrogens is 2. The number of aliphatic hydroxyl groups excluding tert-OH is 1. The van der Waals surface area contributed by atoms with Crippen LogP contribution in [0.15, 0.2) is 30.6 Å². The van der Waals surface area contributed by atoms with Gasteiger partial charge in [-0.25, -0.2) is 9.97 Å². The first-order chi connectivity index (χ1) is 12.5. The average molecular weight is 372 g/mol. The highest BCUT2D eigenvalue weighted by Gasteiger charge is 2.22. The molecule has 2 aromatic rings. The molecule has 1 fully saturated rings. The van der Waals surface area contributed by atoms with Gasteiger partial charge in [0.25, 0.3) is 5.91 Å². The number of rotatable bonds is 4. The molecule has 0 aromatic carbocycles. The summed E-state index contributed by atoms with van der Waals surface area (Å²) < 4.78 is 0. The van der Waals surface area contributed by atoms with E-state index in [2.05, 4.69) is 20.6 Å². The third kappa shape index (κ3) is 4.48. The second-order valence-electron chi connectivity index (χ2n) is 6.21. The molecule has 2 heterocycles. The molecule has 26 heavy (non-hydrogen) atoms. The number of nitriles is 1. The Morgan fingerprint density at radius 1 is 1.31 bits per heavy atom. The molecule has 3 rings (SSSR count). The van der Waals surface area contributed by atoms with Gasteiger partial charge < -0.3 is 15.7 Å². The lowest BCUT2D eigenvalue weighted by Gasteiger charge is -2.28. The van der Waals surface area contributed by atoms with E-state index in [1.54, 1.807) is 18.2 Å². The number of hydrogen-bond donors (Lipinski definition) is 3. The van der Waals surface area contributed by atoms with Gasteiger partial charge in [0.15, 0.2) is 0 Å². The van der Waals surface area contributed by atoms with Crippen molar-refractivity contribution in [2.75, 3.05) is 10.6 Å². The minimum absolute atomic E-state index is 0.0665. The number of pyridine rings is 2. The van der Waals surface area contributed by atoms with Crippen molar-refractivity contribution >= 4 is 29.0 Å². The minimum Gasteiger partial charge on any atom is -0.393 e. The van der Waals surface area contributed by atoms with E-state index in [1.807, 2.05) is 6.07 Å². The van der Waals surface area contributed by atoms with Crippen LogP contribution in [-0.2, 0) is 0 Å². The van der Waals surface area contributed by atoms with Crippen LogP contribution < -0.4 is 10.6 Å². The Labute approximate surface area is 156 Å². The van der Waals surface area contributed by atoms with Crippen LogP contribution in [0.3, 0.4) is 0 Å². The molecule has 3 N–H and O–H groups in total. The molecule has 0 bridgehead atoms. The summed E-state index contributed by atoms with van der Waals surface area (Å²) >= 11 is 5.99. The minimum atomic E-state index is -0.384. The first-order valence-corrected chi connectivity index (χ1v) is 8.70. The molecule has 1 saturated carbocycles. The van der Waals surface area contributed by atoms with E-state index in [0.717, 1.165) is 19.3 Å². The number of aliphatic hydroxyl groups is 1. The Morgan fingerprint density at radius 2 is 2.15 bits per heavy atom. The van der Waals surface area contributed by atoms with E-state index in [9.17, 15) is 9.90 Å². The highest BCUT2D eigenvalue weighted by Crippen LogP contribution is 2.26. The average Bonchev–Trinajstić information content (AvgIpc) is 2.62. The highest BCUT2D eigenvalue weighted by molar-refractivity contribution is 6.29. The predicted octanol–water partition coefficient (Wildman–Crippen LogP) is 2.97. The van der Waals surface area contributed by atoms with Gasteiger partial charge in [0.05, 0.1) is 22.9 Å². The Kier molecular flexibility index (Phi) is 5.66. The fourth-order valence-electron chi connectivity index (χ4n) is 2.96. The number of hydrogen-bond acceptors (Lipinski definition) is 6. The molecule has 0 saturated heterocycles. The van der Waals surface area contributed by atoms with Gasteiger partial charge in [-0.1, -0.05) is 11.6 Å². The van der Waals surface area contributed by atoms with Gasteiger partial charge >= 0.3 is 0 Å². The Morgan fingerprint density at radius 3 is 2.85 bits per heavy atom. The van der Waals surface area contributed by atoms with Gasteiger partial charge in [0.1, 0.15) is 17.0 Å². The molecule has 0 spiro atoms. The zero-order chi connectivity index (χ0) is 18.5. The number of nitrogens with zero attached hydrogens (tertiary/aromatic N) is 3. The number of carbonyl (C=O) groups is 1. The number of amides is 1. The van der Waals surface area contributed by atoms with Crippen molar-refractivity contribution in [3.63, 3.8) is 0 Å². The molecular weight excluding hydrogens is 354 g/mol. The third-order valence-electron chi connectivity index (χ3n) is 4.26. The molecule has 0 radical (unpaired) electrons. The molecule has 1 amide bonds. The summed E-state index contributed by atoms with van der Waals surface area (Å²) in [5.41, 5.74) is 1.31. The van der Waals surface area contributed by atoms with Crippen molar-refractivity contribution in [3.05, 3.63) is 46.9 Å². The maximum Gasteiger partial charge on any atom is 0.260 e. The zero-order valence-corrected chi connectivity index (χ0v) is 14.7. The lowest BCUT2D eigenvalue weighted by Crippen LogP contribution is -2.30. The van der Waals surface area contributed by atoms with Crippen LogP contribution in [0.25, 0.3) is 0 Å². The lowest BCUT2D eigenvalue weighted by atomic mass is 9.92. The normalized spacial score (nSPS) is 19.4. The van der Waals surface area contributed by atoms with Gasteiger partial charge in [-0.15, -0.1) is 0 Å². The molecule has 2 aromatic heterocycles. The summed E-state index contributed by atoms with van der Waals surface area (Å²) in [4.78, 5) is 20.6. The molecule has 1 aliphatic carbocycles. The van der Waals surface area contributed by atoms with Crippen molar-refractivity contribution in [3.8, 4) is 6.07 Å². The quantitative estimate of drug-likeness (QED) is 0.712. The van der Waals surface area contributed by atoms with E-state index in [4.69, 9.17) is 16.9 Å². The summed E-state index contributed by atoms with van der Waals surface area (Å²) in [6, 6.07) is 6.78. The summed E-state index contributed by atoms with van der Waals surface area (Å²) in [5, 5.41) is 24.9. The summed E-state index contributed by atoms with van der Waals surface area (Å²) in [5.74, 6) is -0.0479. The van der Waals surface area contributed by atoms with Gasteiger partial charge in [0, 0.05) is 18.4 Å². The second-order valence-corrected chi connectivity index (χ2v) is 6.60. The standard InChI is InChI=1S/C18H18ClN5O2/c19-16-7-15(23-12-2-1-3-13(25)6-12)14(10-21-16)18(26)24-17-5-4-11(8-20)9-22-17/h4-5,7,9-10,12-13,25H,1-3,6H2,(H,21,23)(H,22,24,26)/t12-,13+/m0/s1. The topological polar surface area (TPSA) is 111 Å². The molecule has 0 unspecified atom stereocenters. The summed E-state index contributed by atoms with van der Waals surface area (Å²) in [6.45, 7) is 0. The van der Waals surface area contributed by atoms with Crippen LogP contribution in [0.1, 0.15) is 41.6 Å². The largest absolute Gasteiger partial charge is 0.393 e. The maximum absolute atomic E-state index is 12.6. The Bertz CT molecular complexity index is 834. The molecule has 8 heteroatoms. The fraction of sp³-hybridized carbons (Fsp3) is 0.333. The second kappa shape index (κ2) is 8.13. The molecule has 7 nitrogen and oxygen atoms in total. The summed E-state index contributed by atoms with van der Waals surface area (Å²) in [7, 11) is 0. The van der Waals surface area contributed by atoms with E-state index in [0.29, 0.717) is 29.1 Å².